The molecule has 1 heterocycles. The summed E-state index contributed by atoms with van der Waals surface area (Å²) in [5.41, 5.74) is 8.44. The summed E-state index contributed by atoms with van der Waals surface area (Å²) >= 11 is 6.01. The zero-order valence-electron chi connectivity index (χ0n) is 16.4. The number of halogens is 1. The van der Waals surface area contributed by atoms with Crippen molar-refractivity contribution in [3.05, 3.63) is 77.9 Å². The van der Waals surface area contributed by atoms with Crippen molar-refractivity contribution in [1.29, 1.82) is 0 Å². The normalized spacial score (nSPS) is 11.5. The summed E-state index contributed by atoms with van der Waals surface area (Å²) in [4.78, 5) is 3.95. The molecule has 0 aliphatic rings. The van der Waals surface area contributed by atoms with E-state index in [1.54, 1.807) is 42.5 Å². The summed E-state index contributed by atoms with van der Waals surface area (Å²) in [5.74, 6) is 0. The minimum atomic E-state index is -4.72. The quantitative estimate of drug-likeness (QED) is 0.217. The van der Waals surface area contributed by atoms with Crippen LogP contribution in [0.5, 0.6) is 0 Å². The van der Waals surface area contributed by atoms with E-state index in [-0.39, 0.29) is 46.3 Å². The molecular formula is C21H14ClN4NaO3S. The molecule has 0 saturated heterocycles. The second-order valence-corrected chi connectivity index (χ2v) is 8.20. The van der Waals surface area contributed by atoms with Crippen LogP contribution in [-0.2, 0) is 10.1 Å². The standard InChI is InChI=1S/C21H15ClN4O3S.Na/c22-14-5-3-4-13(10-14)18-9-8-15(12-24-18)25-26-19-11-20(30(27,28)29)16-6-1-2-7-17(16)21(19)23;/h1-12H,23H2,(H,27,28,29);/q;+1/p-1. The molecule has 31 heavy (non-hydrogen) atoms. The fourth-order valence-electron chi connectivity index (χ4n) is 3.02. The van der Waals surface area contributed by atoms with Gasteiger partial charge in [-0.2, -0.15) is 0 Å². The predicted octanol–water partition coefficient (Wildman–Crippen LogP) is 2.46. The van der Waals surface area contributed by atoms with Crippen molar-refractivity contribution < 1.29 is 42.5 Å². The fraction of sp³-hybridized carbons (Fsp3) is 0. The van der Waals surface area contributed by atoms with Crippen LogP contribution in [0.4, 0.5) is 17.1 Å². The van der Waals surface area contributed by atoms with Gasteiger partial charge >= 0.3 is 29.6 Å². The van der Waals surface area contributed by atoms with Gasteiger partial charge in [0.15, 0.2) is 0 Å². The van der Waals surface area contributed by atoms with E-state index >= 15 is 0 Å². The van der Waals surface area contributed by atoms with E-state index in [1.165, 1.54) is 12.3 Å². The van der Waals surface area contributed by atoms with Gasteiger partial charge in [0.1, 0.15) is 21.5 Å². The maximum atomic E-state index is 11.7. The Hall–Kier alpha value is -2.33. The molecule has 10 heteroatoms. The molecule has 0 unspecified atom stereocenters. The van der Waals surface area contributed by atoms with Crippen LogP contribution in [0.25, 0.3) is 22.0 Å². The number of hydrogen-bond donors (Lipinski definition) is 1. The number of anilines is 1. The smallest absolute Gasteiger partial charge is 0.744 e. The Balaban J connectivity index is 0.00000272. The van der Waals surface area contributed by atoms with E-state index in [4.69, 9.17) is 17.3 Å². The van der Waals surface area contributed by atoms with E-state index in [0.29, 0.717) is 21.8 Å². The van der Waals surface area contributed by atoms with Crippen molar-refractivity contribution in [1.82, 2.24) is 4.98 Å². The van der Waals surface area contributed by atoms with Gasteiger partial charge in [0.2, 0.25) is 0 Å². The van der Waals surface area contributed by atoms with Gasteiger partial charge in [-0.05, 0) is 30.3 Å². The molecule has 0 aliphatic carbocycles. The van der Waals surface area contributed by atoms with Gasteiger partial charge in [-0.25, -0.2) is 8.42 Å². The number of azo groups is 1. The monoisotopic (exact) mass is 460 g/mol. The first-order chi connectivity index (χ1) is 14.3. The maximum Gasteiger partial charge on any atom is 1.00 e. The molecule has 3 aromatic carbocycles. The molecule has 0 spiro atoms. The molecular weight excluding hydrogens is 447 g/mol. The summed E-state index contributed by atoms with van der Waals surface area (Å²) in [6.07, 6.45) is 1.52. The average molecular weight is 461 g/mol. The van der Waals surface area contributed by atoms with Crippen LogP contribution in [0.2, 0.25) is 5.02 Å². The van der Waals surface area contributed by atoms with Crippen molar-refractivity contribution in [2.75, 3.05) is 5.73 Å². The van der Waals surface area contributed by atoms with Gasteiger partial charge < -0.3 is 10.3 Å². The third kappa shape index (κ3) is 5.12. The van der Waals surface area contributed by atoms with Gasteiger partial charge in [0.05, 0.1) is 22.5 Å². The Morgan fingerprint density at radius 1 is 0.935 bits per heavy atom. The molecule has 7 nitrogen and oxygen atoms in total. The van der Waals surface area contributed by atoms with Gasteiger partial charge in [0.25, 0.3) is 0 Å². The van der Waals surface area contributed by atoms with Crippen molar-refractivity contribution in [3.63, 3.8) is 0 Å². The van der Waals surface area contributed by atoms with Crippen LogP contribution in [0.3, 0.4) is 0 Å². The molecule has 0 radical (unpaired) electrons. The van der Waals surface area contributed by atoms with Gasteiger partial charge in [-0.1, -0.05) is 48.0 Å². The van der Waals surface area contributed by atoms with Gasteiger partial charge in [-0.15, -0.1) is 10.2 Å². The van der Waals surface area contributed by atoms with Crippen molar-refractivity contribution >= 4 is 49.6 Å². The zero-order chi connectivity index (χ0) is 21.3. The molecule has 4 aromatic rings. The van der Waals surface area contributed by atoms with Crippen LogP contribution in [-0.4, -0.2) is 18.0 Å². The topological polar surface area (TPSA) is 121 Å². The van der Waals surface area contributed by atoms with E-state index in [0.717, 1.165) is 11.6 Å². The summed E-state index contributed by atoms with van der Waals surface area (Å²) in [6.45, 7) is 0. The Bertz CT molecular complexity index is 1390. The largest absolute Gasteiger partial charge is 1.00 e. The first-order valence-corrected chi connectivity index (χ1v) is 10.5. The zero-order valence-corrected chi connectivity index (χ0v) is 19.9. The summed E-state index contributed by atoms with van der Waals surface area (Å²) in [5, 5.41) is 9.40. The predicted molar refractivity (Wildman–Crippen MR) is 115 cm³/mol. The Morgan fingerprint density at radius 3 is 2.32 bits per heavy atom. The molecule has 0 amide bonds. The average Bonchev–Trinajstić information content (AvgIpc) is 2.73. The number of nitrogens with zero attached hydrogens (tertiary/aromatic N) is 3. The SMILES string of the molecule is Nc1c(N=Nc2ccc(-c3cccc(Cl)c3)nc2)cc(S(=O)(=O)[O-])c2ccccc12.[Na+]. The van der Waals surface area contributed by atoms with Gasteiger partial charge in [0, 0.05) is 21.4 Å². The minimum Gasteiger partial charge on any atom is -0.744 e. The molecule has 1 aromatic heterocycles. The number of aromatic nitrogens is 1. The van der Waals surface area contributed by atoms with E-state index in [9.17, 15) is 13.0 Å². The van der Waals surface area contributed by atoms with Crippen LogP contribution in [0, 0.1) is 0 Å². The van der Waals surface area contributed by atoms with E-state index in [1.807, 2.05) is 12.1 Å². The molecule has 0 saturated carbocycles. The number of fused-ring (bicyclic) bond motifs is 1. The molecule has 150 valence electrons. The third-order valence-electron chi connectivity index (χ3n) is 4.44. The Kier molecular flexibility index (Phi) is 7.10. The molecule has 0 atom stereocenters. The Labute approximate surface area is 206 Å². The van der Waals surface area contributed by atoms with Crippen molar-refractivity contribution in [2.24, 2.45) is 10.2 Å². The second kappa shape index (κ2) is 9.44. The number of nitrogen functional groups attached to an aromatic ring is 1. The summed E-state index contributed by atoms with van der Waals surface area (Å²) in [6, 6.07) is 18.4. The molecule has 0 bridgehead atoms. The number of pyridine rings is 1. The van der Waals surface area contributed by atoms with E-state index < -0.39 is 15.0 Å². The summed E-state index contributed by atoms with van der Waals surface area (Å²) < 4.78 is 35.1. The molecule has 0 aliphatic heterocycles. The third-order valence-corrected chi connectivity index (χ3v) is 5.55. The second-order valence-electron chi connectivity index (χ2n) is 6.42. The van der Waals surface area contributed by atoms with Crippen molar-refractivity contribution in [2.45, 2.75) is 4.90 Å². The van der Waals surface area contributed by atoms with Gasteiger partial charge in [-0.3, -0.25) is 4.98 Å². The van der Waals surface area contributed by atoms with Crippen LogP contribution in [0.1, 0.15) is 0 Å². The first kappa shape index (κ1) is 23.3. The molecule has 4 rings (SSSR count). The fourth-order valence-corrected chi connectivity index (χ4v) is 3.91. The van der Waals surface area contributed by atoms with Crippen LogP contribution >= 0.6 is 11.6 Å². The molecule has 2 N–H and O–H groups in total. The minimum absolute atomic E-state index is 0. The number of rotatable bonds is 4. The van der Waals surface area contributed by atoms with Crippen molar-refractivity contribution in [3.8, 4) is 11.3 Å². The van der Waals surface area contributed by atoms with Crippen LogP contribution in [0.15, 0.2) is 88.1 Å². The summed E-state index contributed by atoms with van der Waals surface area (Å²) in [7, 11) is -4.72. The molecule has 0 fully saturated rings. The number of hydrogen-bond acceptors (Lipinski definition) is 7. The first-order valence-electron chi connectivity index (χ1n) is 8.74. The Morgan fingerprint density at radius 2 is 1.68 bits per heavy atom. The number of benzene rings is 3. The van der Waals surface area contributed by atoms with Crippen LogP contribution < -0.4 is 35.3 Å². The number of nitrogens with two attached hydrogens (primary N) is 1. The maximum absolute atomic E-state index is 11.7. The van der Waals surface area contributed by atoms with E-state index in [2.05, 4.69) is 15.2 Å².